The van der Waals surface area contributed by atoms with E-state index in [0.717, 1.165) is 54.3 Å². The van der Waals surface area contributed by atoms with Gasteiger partial charge in [-0.2, -0.15) is 5.10 Å². The summed E-state index contributed by atoms with van der Waals surface area (Å²) >= 11 is 0. The first-order valence-corrected chi connectivity index (χ1v) is 12.4. The van der Waals surface area contributed by atoms with Crippen LogP contribution in [0.3, 0.4) is 0 Å². The molecule has 4 heteroatoms. The van der Waals surface area contributed by atoms with Crippen LogP contribution in [0.4, 0.5) is 0 Å². The SMILES string of the molecule is Cc1cc(C)n(CC(=O)[C@H]2CC[C@H]3[C@@H]4CC[C@@H]5C[C@](C)(O)CC[C@@H]5[C@H]4CC[C@]23C)n1. The summed E-state index contributed by atoms with van der Waals surface area (Å²) in [6, 6.07) is 2.07. The minimum absolute atomic E-state index is 0.182. The minimum Gasteiger partial charge on any atom is -0.390 e. The second-order valence-corrected chi connectivity index (χ2v) is 11.9. The molecule has 0 radical (unpaired) electrons. The summed E-state index contributed by atoms with van der Waals surface area (Å²) < 4.78 is 1.92. The van der Waals surface area contributed by atoms with Crippen molar-refractivity contribution in [3.63, 3.8) is 0 Å². The second-order valence-electron chi connectivity index (χ2n) is 11.9. The van der Waals surface area contributed by atoms with Crippen LogP contribution in [0.2, 0.25) is 0 Å². The number of aromatic nitrogens is 2. The molecule has 1 N–H and O–H groups in total. The van der Waals surface area contributed by atoms with Crippen molar-refractivity contribution in [3.8, 4) is 0 Å². The molecule has 0 amide bonds. The predicted molar refractivity (Wildman–Crippen MR) is 118 cm³/mol. The summed E-state index contributed by atoms with van der Waals surface area (Å²) in [5.74, 6) is 4.52. The van der Waals surface area contributed by atoms with Gasteiger partial charge in [0.25, 0.3) is 0 Å². The average Bonchev–Trinajstić information content (AvgIpc) is 3.18. The Hall–Kier alpha value is -1.16. The van der Waals surface area contributed by atoms with Crippen molar-refractivity contribution in [2.24, 2.45) is 40.9 Å². The molecule has 4 saturated carbocycles. The van der Waals surface area contributed by atoms with Crippen LogP contribution in [0.1, 0.15) is 83.0 Å². The Bertz CT molecular complexity index is 827. The van der Waals surface area contributed by atoms with Gasteiger partial charge in [-0.05, 0) is 120 Å². The Labute approximate surface area is 181 Å². The van der Waals surface area contributed by atoms with Crippen LogP contribution in [0.15, 0.2) is 6.07 Å². The quantitative estimate of drug-likeness (QED) is 0.752. The summed E-state index contributed by atoms with van der Waals surface area (Å²) in [6.45, 7) is 8.99. The van der Waals surface area contributed by atoms with Crippen molar-refractivity contribution in [2.45, 2.75) is 97.6 Å². The summed E-state index contributed by atoms with van der Waals surface area (Å²) in [7, 11) is 0. The molecule has 4 nitrogen and oxygen atoms in total. The van der Waals surface area contributed by atoms with E-state index in [9.17, 15) is 9.90 Å². The van der Waals surface area contributed by atoms with Crippen LogP contribution >= 0.6 is 0 Å². The number of hydrogen-bond donors (Lipinski definition) is 1. The molecule has 4 aliphatic rings. The highest BCUT2D eigenvalue weighted by Gasteiger charge is 2.58. The highest BCUT2D eigenvalue weighted by molar-refractivity contribution is 5.82. The highest BCUT2D eigenvalue weighted by Crippen LogP contribution is 2.64. The zero-order valence-electron chi connectivity index (χ0n) is 19.4. The summed E-state index contributed by atoms with van der Waals surface area (Å²) in [6.07, 6.45) is 10.6. The second kappa shape index (κ2) is 7.18. The Morgan fingerprint density at radius 2 is 1.83 bits per heavy atom. The molecule has 0 bridgehead atoms. The van der Waals surface area contributed by atoms with Crippen LogP contribution in [-0.4, -0.2) is 26.3 Å². The highest BCUT2D eigenvalue weighted by atomic mass is 16.3. The van der Waals surface area contributed by atoms with Gasteiger partial charge in [0.05, 0.1) is 11.3 Å². The standard InChI is InChI=1S/C26H40N2O2/c1-16-13-17(2)28(27-16)15-24(29)23-8-7-22-21-6-5-18-14-25(3,30)11-9-19(18)20(21)10-12-26(22,23)4/h13,18-23,30H,5-12,14-15H2,1-4H3/t18-,19+,20-,21-,22+,23-,25-,26+/m1/s1. The van der Waals surface area contributed by atoms with Gasteiger partial charge >= 0.3 is 0 Å². The smallest absolute Gasteiger partial charge is 0.157 e. The summed E-state index contributed by atoms with van der Waals surface area (Å²) in [5, 5.41) is 15.1. The fourth-order valence-corrected chi connectivity index (χ4v) is 8.70. The average molecular weight is 413 g/mol. The number of rotatable bonds is 3. The van der Waals surface area contributed by atoms with Gasteiger partial charge in [-0.3, -0.25) is 9.48 Å². The third-order valence-electron chi connectivity index (χ3n) is 10.0. The number of Topliss-reactive ketones (excluding diaryl/α,β-unsaturated/α-hetero) is 1. The van der Waals surface area contributed by atoms with Gasteiger partial charge in [-0.25, -0.2) is 0 Å². The van der Waals surface area contributed by atoms with Gasteiger partial charge in [0, 0.05) is 11.6 Å². The van der Waals surface area contributed by atoms with E-state index >= 15 is 0 Å². The van der Waals surface area contributed by atoms with Crippen LogP contribution in [0.5, 0.6) is 0 Å². The Balaban J connectivity index is 1.32. The monoisotopic (exact) mass is 412 g/mol. The molecule has 0 aromatic carbocycles. The molecule has 1 aromatic rings. The van der Waals surface area contributed by atoms with Crippen molar-refractivity contribution in [2.75, 3.05) is 0 Å². The fraction of sp³-hybridized carbons (Fsp3) is 0.846. The van der Waals surface area contributed by atoms with E-state index in [1.807, 2.05) is 18.5 Å². The number of hydrogen-bond acceptors (Lipinski definition) is 3. The van der Waals surface area contributed by atoms with Crippen molar-refractivity contribution >= 4 is 5.78 Å². The molecular formula is C26H40N2O2. The maximum Gasteiger partial charge on any atom is 0.157 e. The van der Waals surface area contributed by atoms with Crippen LogP contribution in [-0.2, 0) is 11.3 Å². The van der Waals surface area contributed by atoms with Crippen molar-refractivity contribution in [1.29, 1.82) is 0 Å². The molecule has 1 heterocycles. The lowest BCUT2D eigenvalue weighted by Crippen LogP contribution is -2.51. The van der Waals surface area contributed by atoms with Gasteiger partial charge < -0.3 is 5.11 Å². The Morgan fingerprint density at radius 3 is 2.57 bits per heavy atom. The summed E-state index contributed by atoms with van der Waals surface area (Å²) in [4.78, 5) is 13.4. The largest absolute Gasteiger partial charge is 0.390 e. The zero-order chi connectivity index (χ0) is 21.3. The van der Waals surface area contributed by atoms with Crippen molar-refractivity contribution in [3.05, 3.63) is 17.5 Å². The van der Waals surface area contributed by atoms with E-state index in [4.69, 9.17) is 0 Å². The van der Waals surface area contributed by atoms with E-state index in [2.05, 4.69) is 25.0 Å². The molecular weight excluding hydrogens is 372 g/mol. The molecule has 5 rings (SSSR count). The number of nitrogens with zero attached hydrogens (tertiary/aromatic N) is 2. The number of fused-ring (bicyclic) bond motifs is 5. The van der Waals surface area contributed by atoms with E-state index in [1.54, 1.807) is 0 Å². The Morgan fingerprint density at radius 1 is 1.07 bits per heavy atom. The first-order chi connectivity index (χ1) is 14.2. The van der Waals surface area contributed by atoms with Crippen LogP contribution < -0.4 is 0 Å². The molecule has 0 spiro atoms. The lowest BCUT2D eigenvalue weighted by Gasteiger charge is -2.56. The zero-order valence-corrected chi connectivity index (χ0v) is 19.4. The van der Waals surface area contributed by atoms with Crippen molar-refractivity contribution < 1.29 is 9.90 Å². The molecule has 1 aromatic heterocycles. The van der Waals surface area contributed by atoms with Gasteiger partial charge in [0.1, 0.15) is 6.54 Å². The third kappa shape index (κ3) is 3.29. The molecule has 4 fully saturated rings. The van der Waals surface area contributed by atoms with E-state index in [-0.39, 0.29) is 11.3 Å². The molecule has 30 heavy (non-hydrogen) atoms. The number of carbonyl (C=O) groups excluding carboxylic acids is 1. The molecule has 0 aliphatic heterocycles. The van der Waals surface area contributed by atoms with Gasteiger partial charge in [0.2, 0.25) is 0 Å². The van der Waals surface area contributed by atoms with Gasteiger partial charge in [0.15, 0.2) is 5.78 Å². The van der Waals surface area contributed by atoms with Gasteiger partial charge in [-0.15, -0.1) is 0 Å². The maximum absolute atomic E-state index is 13.4. The number of ketones is 1. The molecule has 166 valence electrons. The minimum atomic E-state index is -0.439. The maximum atomic E-state index is 13.4. The summed E-state index contributed by atoms with van der Waals surface area (Å²) in [5.41, 5.74) is 1.84. The third-order valence-corrected chi connectivity index (χ3v) is 10.0. The predicted octanol–water partition coefficient (Wildman–Crippen LogP) is 5.09. The first kappa shape index (κ1) is 20.7. The number of aryl methyl sites for hydroxylation is 2. The number of aliphatic hydroxyl groups is 1. The Kier molecular flexibility index (Phi) is 4.96. The molecule has 4 aliphatic carbocycles. The van der Waals surface area contributed by atoms with E-state index < -0.39 is 5.60 Å². The normalized spacial score (nSPS) is 45.5. The van der Waals surface area contributed by atoms with Gasteiger partial charge in [-0.1, -0.05) is 6.92 Å². The lowest BCUT2D eigenvalue weighted by atomic mass is 9.49. The topological polar surface area (TPSA) is 55.1 Å². The molecule has 0 unspecified atom stereocenters. The first-order valence-electron chi connectivity index (χ1n) is 12.4. The molecule has 0 saturated heterocycles. The molecule has 8 atom stereocenters. The van der Waals surface area contributed by atoms with Crippen molar-refractivity contribution in [1.82, 2.24) is 9.78 Å². The van der Waals surface area contributed by atoms with Crippen LogP contribution in [0.25, 0.3) is 0 Å². The lowest BCUT2D eigenvalue weighted by molar-refractivity contribution is -0.133. The van der Waals surface area contributed by atoms with E-state index in [1.165, 1.54) is 38.5 Å². The van der Waals surface area contributed by atoms with Crippen LogP contribution in [0, 0.1) is 54.8 Å². The fourth-order valence-electron chi connectivity index (χ4n) is 8.70. The van der Waals surface area contributed by atoms with E-state index in [0.29, 0.717) is 18.2 Å². The number of carbonyl (C=O) groups is 1.